The van der Waals surface area contributed by atoms with E-state index in [4.69, 9.17) is 0 Å². The molecule has 67 heavy (non-hydrogen) atoms. The molecule has 0 unspecified atom stereocenters. The molecule has 0 radical (unpaired) electrons. The van der Waals surface area contributed by atoms with Crippen LogP contribution in [0.25, 0.3) is 46.6 Å². The molecule has 2 aliphatic heterocycles. The lowest BCUT2D eigenvalue weighted by molar-refractivity contribution is 0.659. The smallest absolute Gasteiger partial charge is 0.0714 e. The Balaban J connectivity index is 0.907. The second-order valence-corrected chi connectivity index (χ2v) is 19.2. The zero-order chi connectivity index (χ0) is 44.7. The summed E-state index contributed by atoms with van der Waals surface area (Å²) in [5.41, 5.74) is 24.8. The first-order valence-corrected chi connectivity index (χ1v) is 23.9. The Kier molecular flexibility index (Phi) is 9.02. The minimum absolute atomic E-state index is 0.128. The lowest BCUT2D eigenvalue weighted by atomic mass is 9.67. The van der Waals surface area contributed by atoms with Crippen molar-refractivity contribution in [3.05, 3.63) is 267 Å². The number of nitrogens with zero attached hydrogens (tertiary/aromatic N) is 2. The second-order valence-electron chi connectivity index (χ2n) is 19.2. The molecule has 2 aliphatic carbocycles. The van der Waals surface area contributed by atoms with Gasteiger partial charge in [-0.3, -0.25) is 0 Å². The summed E-state index contributed by atoms with van der Waals surface area (Å²) in [6, 6.07) is 77.3. The van der Waals surface area contributed by atoms with E-state index in [2.05, 4.69) is 254 Å². The van der Waals surface area contributed by atoms with E-state index >= 15 is 0 Å². The molecule has 320 valence electrons. The summed E-state index contributed by atoms with van der Waals surface area (Å²) >= 11 is 0. The highest BCUT2D eigenvalue weighted by Crippen LogP contribution is 2.58. The van der Waals surface area contributed by atoms with Gasteiger partial charge < -0.3 is 9.80 Å². The molecule has 0 fully saturated rings. The van der Waals surface area contributed by atoms with Gasteiger partial charge in [0.1, 0.15) is 0 Å². The number of anilines is 5. The van der Waals surface area contributed by atoms with Crippen LogP contribution in [0.1, 0.15) is 81.5 Å². The molecule has 0 spiro atoms. The molecule has 0 bridgehead atoms. The fourth-order valence-corrected chi connectivity index (χ4v) is 12.0. The minimum Gasteiger partial charge on any atom is -0.341 e. The summed E-state index contributed by atoms with van der Waals surface area (Å²) in [5, 5.41) is 0. The van der Waals surface area contributed by atoms with Gasteiger partial charge in [0, 0.05) is 29.0 Å². The first-order chi connectivity index (χ1) is 33.0. The van der Waals surface area contributed by atoms with Gasteiger partial charge in [-0.15, -0.1) is 0 Å². The third-order valence-corrected chi connectivity index (χ3v) is 15.2. The number of fused-ring (bicyclic) bond motifs is 9. The van der Waals surface area contributed by atoms with Crippen LogP contribution >= 0.6 is 0 Å². The maximum atomic E-state index is 2.52. The summed E-state index contributed by atoms with van der Waals surface area (Å²) < 4.78 is 0. The van der Waals surface area contributed by atoms with Gasteiger partial charge in [-0.1, -0.05) is 196 Å². The first-order valence-electron chi connectivity index (χ1n) is 23.9. The Labute approximate surface area is 394 Å². The van der Waals surface area contributed by atoms with Gasteiger partial charge in [-0.25, -0.2) is 0 Å². The number of para-hydroxylation sites is 3. The Morgan fingerprint density at radius 1 is 0.418 bits per heavy atom. The van der Waals surface area contributed by atoms with E-state index in [9.17, 15) is 0 Å². The van der Waals surface area contributed by atoms with Crippen LogP contribution in [0.5, 0.6) is 0 Å². The summed E-state index contributed by atoms with van der Waals surface area (Å²) in [5.74, 6) is 0. The Hall–Kier alpha value is -7.94. The number of rotatable bonds is 6. The van der Waals surface area contributed by atoms with Crippen molar-refractivity contribution in [2.45, 2.75) is 37.5 Å². The lowest BCUT2D eigenvalue weighted by Crippen LogP contribution is -2.29. The van der Waals surface area contributed by atoms with Crippen molar-refractivity contribution in [2.75, 3.05) is 16.3 Å². The summed E-state index contributed by atoms with van der Waals surface area (Å²) in [4.78, 5) is 4.97. The highest BCUT2D eigenvalue weighted by molar-refractivity contribution is 5.96. The Bertz CT molecular complexity index is 3390. The topological polar surface area (TPSA) is 6.48 Å². The van der Waals surface area contributed by atoms with Crippen molar-refractivity contribution in [2.24, 2.45) is 0 Å². The molecule has 0 aromatic heterocycles. The van der Waals surface area contributed by atoms with Crippen LogP contribution in [0.2, 0.25) is 0 Å². The standard InChI is InChI=1S/C65H50N2/c1-64(2)57-40-44(29-35-53(57)54-37-33-51(42-58(54)64)66-39-15-19-46-16-9-12-24-61(46)66)27-28-45-30-36-55-56-38-34-52(67-62-25-13-10-17-47(62)31-32-48-18-11-14-26-63(48)67)43-60(56)65(59(55)41-45,49-20-5-3-6-21-49)50-22-7-4-8-23-50/h3-14,16-18,20-38,40-43H,15,19,39H2,1-2H3/b28-27+. The van der Waals surface area contributed by atoms with E-state index in [0.717, 1.165) is 18.7 Å². The predicted octanol–water partition coefficient (Wildman–Crippen LogP) is 16.6. The van der Waals surface area contributed by atoms with Crippen LogP contribution in [-0.2, 0) is 17.3 Å². The summed E-state index contributed by atoms with van der Waals surface area (Å²) in [6.45, 7) is 5.85. The molecular weight excluding hydrogens is 809 g/mol. The highest BCUT2D eigenvalue weighted by atomic mass is 15.2. The molecule has 4 aliphatic rings. The summed E-state index contributed by atoms with van der Waals surface area (Å²) in [7, 11) is 0. The molecule has 2 nitrogen and oxygen atoms in total. The molecule has 0 atom stereocenters. The van der Waals surface area contributed by atoms with Gasteiger partial charge in [0.2, 0.25) is 0 Å². The molecule has 2 heteroatoms. The molecule has 0 N–H and O–H groups in total. The highest BCUT2D eigenvalue weighted by Gasteiger charge is 2.47. The van der Waals surface area contributed by atoms with Crippen LogP contribution in [0, 0.1) is 0 Å². The quantitative estimate of drug-likeness (QED) is 0.154. The van der Waals surface area contributed by atoms with E-state index in [1.165, 1.54) is 113 Å². The van der Waals surface area contributed by atoms with Gasteiger partial charge in [-0.2, -0.15) is 0 Å². The van der Waals surface area contributed by atoms with E-state index in [0.29, 0.717) is 0 Å². The van der Waals surface area contributed by atoms with Crippen molar-refractivity contribution in [1.29, 1.82) is 0 Å². The SMILES string of the molecule is CC1(C)c2cc(/C=C/c3ccc4c(c3)C(c3ccccc3)(c3ccccc3)c3cc(N5c6ccccc6C=Cc6ccccc65)ccc3-4)ccc2-c2ccc(N3CCCc4ccccc43)cc21. The van der Waals surface area contributed by atoms with Crippen LogP contribution < -0.4 is 9.80 Å². The van der Waals surface area contributed by atoms with Gasteiger partial charge in [-0.05, 0) is 145 Å². The number of hydrogen-bond acceptors (Lipinski definition) is 2. The van der Waals surface area contributed by atoms with Crippen LogP contribution in [0.4, 0.5) is 28.4 Å². The molecule has 0 saturated carbocycles. The van der Waals surface area contributed by atoms with Gasteiger partial charge >= 0.3 is 0 Å². The fourth-order valence-electron chi connectivity index (χ4n) is 12.0. The third kappa shape index (κ3) is 6.09. The van der Waals surface area contributed by atoms with Crippen molar-refractivity contribution in [1.82, 2.24) is 0 Å². The maximum absolute atomic E-state index is 2.52. The number of benzene rings is 9. The number of aryl methyl sites for hydroxylation is 1. The molecule has 9 aromatic carbocycles. The van der Waals surface area contributed by atoms with E-state index in [-0.39, 0.29) is 5.41 Å². The monoisotopic (exact) mass is 858 g/mol. The Morgan fingerprint density at radius 3 is 1.51 bits per heavy atom. The maximum Gasteiger partial charge on any atom is 0.0714 e. The third-order valence-electron chi connectivity index (χ3n) is 15.2. The molecule has 2 heterocycles. The molecule has 13 rings (SSSR count). The zero-order valence-corrected chi connectivity index (χ0v) is 38.0. The minimum atomic E-state index is -0.561. The molecule has 9 aromatic rings. The normalized spacial score (nSPS) is 15.5. The van der Waals surface area contributed by atoms with E-state index < -0.39 is 5.41 Å². The van der Waals surface area contributed by atoms with Gasteiger partial charge in [0.15, 0.2) is 0 Å². The van der Waals surface area contributed by atoms with E-state index in [1.807, 2.05) is 0 Å². The molecular formula is C65H50N2. The predicted molar refractivity (Wildman–Crippen MR) is 282 cm³/mol. The zero-order valence-electron chi connectivity index (χ0n) is 38.0. The fraction of sp³-hybridized carbons (Fsp3) is 0.108. The van der Waals surface area contributed by atoms with Crippen molar-refractivity contribution >= 4 is 52.7 Å². The average molecular weight is 859 g/mol. The van der Waals surface area contributed by atoms with Gasteiger partial charge in [0.05, 0.1) is 16.8 Å². The van der Waals surface area contributed by atoms with Crippen LogP contribution in [-0.4, -0.2) is 6.54 Å². The van der Waals surface area contributed by atoms with Gasteiger partial charge in [0.25, 0.3) is 0 Å². The van der Waals surface area contributed by atoms with Crippen LogP contribution in [0.15, 0.2) is 206 Å². The largest absolute Gasteiger partial charge is 0.341 e. The average Bonchev–Trinajstić information content (AvgIpc) is 3.71. The van der Waals surface area contributed by atoms with Crippen molar-refractivity contribution in [3.8, 4) is 22.3 Å². The number of hydrogen-bond donors (Lipinski definition) is 0. The Morgan fingerprint density at radius 2 is 0.881 bits per heavy atom. The van der Waals surface area contributed by atoms with Crippen molar-refractivity contribution < 1.29 is 0 Å². The lowest BCUT2D eigenvalue weighted by Gasteiger charge is -2.35. The molecule has 0 saturated heterocycles. The second kappa shape index (κ2) is 15.3. The van der Waals surface area contributed by atoms with Crippen LogP contribution in [0.3, 0.4) is 0 Å². The first kappa shape index (κ1) is 39.4. The van der Waals surface area contributed by atoms with Crippen molar-refractivity contribution in [3.63, 3.8) is 0 Å². The molecule has 0 amide bonds. The van der Waals surface area contributed by atoms with E-state index in [1.54, 1.807) is 0 Å². The summed E-state index contributed by atoms with van der Waals surface area (Å²) in [6.07, 6.45) is 11.4.